The van der Waals surface area contributed by atoms with Gasteiger partial charge in [0.15, 0.2) is 0 Å². The van der Waals surface area contributed by atoms with Gasteiger partial charge in [-0.15, -0.1) is 0 Å². The Labute approximate surface area is 177 Å². The number of anilines is 1. The molecular formula is C24H24N2O3S. The number of carbonyl (C=O) groups is 1. The molecule has 3 aromatic rings. The van der Waals surface area contributed by atoms with Crippen LogP contribution >= 0.6 is 0 Å². The van der Waals surface area contributed by atoms with Crippen LogP contribution in [0.1, 0.15) is 27.9 Å². The van der Waals surface area contributed by atoms with Gasteiger partial charge in [0, 0.05) is 25.7 Å². The Morgan fingerprint density at radius 1 is 0.967 bits per heavy atom. The Kier molecular flexibility index (Phi) is 5.59. The minimum atomic E-state index is -3.63. The van der Waals surface area contributed by atoms with Gasteiger partial charge in [0.25, 0.3) is 15.9 Å². The van der Waals surface area contributed by atoms with Crippen LogP contribution in [0.15, 0.2) is 83.8 Å². The van der Waals surface area contributed by atoms with Gasteiger partial charge >= 0.3 is 0 Å². The van der Waals surface area contributed by atoms with E-state index in [1.54, 1.807) is 54.4 Å². The maximum Gasteiger partial charge on any atom is 0.264 e. The minimum absolute atomic E-state index is 0.0790. The Morgan fingerprint density at radius 2 is 1.63 bits per heavy atom. The summed E-state index contributed by atoms with van der Waals surface area (Å²) in [4.78, 5) is 14.9. The van der Waals surface area contributed by atoms with E-state index in [4.69, 9.17) is 0 Å². The molecule has 0 atom stereocenters. The van der Waals surface area contributed by atoms with Gasteiger partial charge in [-0.05, 0) is 54.3 Å². The average Bonchev–Trinajstić information content (AvgIpc) is 2.79. The van der Waals surface area contributed by atoms with Crippen LogP contribution in [0.25, 0.3) is 0 Å². The number of hydrogen-bond acceptors (Lipinski definition) is 3. The maximum absolute atomic E-state index is 13.1. The van der Waals surface area contributed by atoms with Crippen molar-refractivity contribution in [1.29, 1.82) is 0 Å². The van der Waals surface area contributed by atoms with Gasteiger partial charge in [0.1, 0.15) is 0 Å². The molecule has 0 bridgehead atoms. The number of aryl methyl sites for hydroxylation is 1. The quantitative estimate of drug-likeness (QED) is 0.624. The number of fused-ring (bicyclic) bond motifs is 1. The summed E-state index contributed by atoms with van der Waals surface area (Å²) in [6.07, 6.45) is 1.47. The van der Waals surface area contributed by atoms with Crippen molar-refractivity contribution in [3.63, 3.8) is 0 Å². The van der Waals surface area contributed by atoms with E-state index in [1.807, 2.05) is 36.4 Å². The molecule has 0 spiro atoms. The van der Waals surface area contributed by atoms with E-state index in [2.05, 4.69) is 0 Å². The summed E-state index contributed by atoms with van der Waals surface area (Å²) in [6, 6.07) is 23.6. The summed E-state index contributed by atoms with van der Waals surface area (Å²) >= 11 is 0. The van der Waals surface area contributed by atoms with Gasteiger partial charge in [-0.2, -0.15) is 0 Å². The zero-order valence-corrected chi connectivity index (χ0v) is 17.7. The SMILES string of the molecule is CN(Cc1ccccc1)C(=O)c1ccc2c(c1)CCCN2S(=O)(=O)c1ccccc1. The highest BCUT2D eigenvalue weighted by molar-refractivity contribution is 7.92. The van der Waals surface area contributed by atoms with E-state index < -0.39 is 10.0 Å². The van der Waals surface area contributed by atoms with Crippen molar-refractivity contribution in [3.8, 4) is 0 Å². The molecule has 3 aromatic carbocycles. The lowest BCUT2D eigenvalue weighted by Crippen LogP contribution is -2.35. The molecule has 0 saturated heterocycles. The molecule has 6 heteroatoms. The normalized spacial score (nSPS) is 13.6. The number of benzene rings is 3. The van der Waals surface area contributed by atoms with Crippen LogP contribution in [0.3, 0.4) is 0 Å². The first-order valence-corrected chi connectivity index (χ1v) is 11.4. The van der Waals surface area contributed by atoms with Crippen LogP contribution in [0, 0.1) is 0 Å². The molecule has 1 aliphatic rings. The predicted molar refractivity (Wildman–Crippen MR) is 118 cm³/mol. The van der Waals surface area contributed by atoms with E-state index in [0.29, 0.717) is 24.3 Å². The lowest BCUT2D eigenvalue weighted by atomic mass is 10.00. The Balaban J connectivity index is 1.60. The van der Waals surface area contributed by atoms with E-state index in [9.17, 15) is 13.2 Å². The summed E-state index contributed by atoms with van der Waals surface area (Å²) in [6.45, 7) is 0.955. The standard InChI is InChI=1S/C24H24N2O3S/c1-25(18-19-9-4-2-5-10-19)24(27)21-14-15-23-20(17-21)11-8-16-26(23)30(28,29)22-12-6-3-7-13-22/h2-7,9-10,12-15,17H,8,11,16,18H2,1H3. The van der Waals surface area contributed by atoms with Crippen molar-refractivity contribution in [3.05, 3.63) is 95.6 Å². The van der Waals surface area contributed by atoms with Gasteiger partial charge in [0.05, 0.1) is 10.6 Å². The number of rotatable bonds is 5. The second-order valence-corrected chi connectivity index (χ2v) is 9.35. The summed E-state index contributed by atoms with van der Waals surface area (Å²) in [5.41, 5.74) is 3.18. The number of nitrogens with zero attached hydrogens (tertiary/aromatic N) is 2. The van der Waals surface area contributed by atoms with Crippen molar-refractivity contribution < 1.29 is 13.2 Å². The lowest BCUT2D eigenvalue weighted by molar-refractivity contribution is 0.0785. The highest BCUT2D eigenvalue weighted by atomic mass is 32.2. The molecule has 1 heterocycles. The fourth-order valence-electron chi connectivity index (χ4n) is 3.81. The van der Waals surface area contributed by atoms with E-state index in [0.717, 1.165) is 24.0 Å². The first kappa shape index (κ1) is 20.2. The van der Waals surface area contributed by atoms with Crippen molar-refractivity contribution in [2.75, 3.05) is 17.9 Å². The van der Waals surface area contributed by atoms with Crippen LogP contribution in [-0.2, 0) is 23.0 Å². The molecule has 5 nitrogen and oxygen atoms in total. The summed E-state index contributed by atoms with van der Waals surface area (Å²) in [5, 5.41) is 0. The number of sulfonamides is 1. The summed E-state index contributed by atoms with van der Waals surface area (Å²) < 4.78 is 27.7. The molecular weight excluding hydrogens is 396 g/mol. The third-order valence-electron chi connectivity index (χ3n) is 5.34. The molecule has 0 saturated carbocycles. The number of carbonyl (C=O) groups excluding carboxylic acids is 1. The van der Waals surface area contributed by atoms with Gasteiger partial charge in [-0.3, -0.25) is 9.10 Å². The third kappa shape index (κ3) is 3.96. The lowest BCUT2D eigenvalue weighted by Gasteiger charge is -2.31. The molecule has 1 amide bonds. The highest BCUT2D eigenvalue weighted by Crippen LogP contribution is 2.33. The highest BCUT2D eigenvalue weighted by Gasteiger charge is 2.29. The largest absolute Gasteiger partial charge is 0.337 e. The van der Waals surface area contributed by atoms with Gasteiger partial charge in [0.2, 0.25) is 0 Å². The summed E-state index contributed by atoms with van der Waals surface area (Å²) in [5.74, 6) is -0.0790. The topological polar surface area (TPSA) is 57.7 Å². The monoisotopic (exact) mass is 420 g/mol. The molecule has 0 fully saturated rings. The van der Waals surface area contributed by atoms with Crippen LogP contribution in [0.2, 0.25) is 0 Å². The van der Waals surface area contributed by atoms with E-state index >= 15 is 0 Å². The zero-order valence-electron chi connectivity index (χ0n) is 16.9. The van der Waals surface area contributed by atoms with Crippen molar-refractivity contribution in [2.24, 2.45) is 0 Å². The van der Waals surface area contributed by atoms with E-state index in [1.165, 1.54) is 4.31 Å². The fourth-order valence-corrected chi connectivity index (χ4v) is 5.38. The minimum Gasteiger partial charge on any atom is -0.337 e. The molecule has 0 radical (unpaired) electrons. The van der Waals surface area contributed by atoms with E-state index in [-0.39, 0.29) is 10.8 Å². The van der Waals surface area contributed by atoms with Gasteiger partial charge < -0.3 is 4.90 Å². The molecule has 1 aliphatic heterocycles. The second-order valence-electron chi connectivity index (χ2n) is 7.48. The average molecular weight is 421 g/mol. The van der Waals surface area contributed by atoms with Crippen LogP contribution < -0.4 is 4.31 Å². The third-order valence-corrected chi connectivity index (χ3v) is 7.17. The predicted octanol–water partition coefficient (Wildman–Crippen LogP) is 4.10. The van der Waals surface area contributed by atoms with Crippen molar-refractivity contribution >= 4 is 21.6 Å². The number of amides is 1. The van der Waals surface area contributed by atoms with Gasteiger partial charge in [-0.1, -0.05) is 48.5 Å². The van der Waals surface area contributed by atoms with Crippen LogP contribution in [0.4, 0.5) is 5.69 Å². The molecule has 30 heavy (non-hydrogen) atoms. The Bertz CT molecular complexity index is 1150. The summed E-state index contributed by atoms with van der Waals surface area (Å²) in [7, 11) is -1.85. The molecule has 0 aromatic heterocycles. The Morgan fingerprint density at radius 3 is 2.33 bits per heavy atom. The first-order valence-electron chi connectivity index (χ1n) is 9.97. The molecule has 4 rings (SSSR count). The molecule has 0 unspecified atom stereocenters. The molecule has 154 valence electrons. The molecule has 0 N–H and O–H groups in total. The van der Waals surface area contributed by atoms with Gasteiger partial charge in [-0.25, -0.2) is 8.42 Å². The van der Waals surface area contributed by atoms with Crippen molar-refractivity contribution in [2.45, 2.75) is 24.3 Å². The Hall–Kier alpha value is -3.12. The zero-order chi connectivity index (χ0) is 21.1. The first-order chi connectivity index (χ1) is 14.5. The second kappa shape index (κ2) is 8.32. The molecule has 0 aliphatic carbocycles. The fraction of sp³-hybridized carbons (Fsp3) is 0.208. The smallest absolute Gasteiger partial charge is 0.264 e. The van der Waals surface area contributed by atoms with Crippen LogP contribution in [0.5, 0.6) is 0 Å². The maximum atomic E-state index is 13.1. The number of hydrogen-bond donors (Lipinski definition) is 0. The van der Waals surface area contributed by atoms with Crippen LogP contribution in [-0.4, -0.2) is 32.8 Å². The van der Waals surface area contributed by atoms with Crippen molar-refractivity contribution in [1.82, 2.24) is 4.90 Å².